The molecule has 0 spiro atoms. The number of hydrogen-bond donors (Lipinski definition) is 3. The van der Waals surface area contributed by atoms with E-state index in [-0.39, 0.29) is 29.9 Å². The molecule has 0 radical (unpaired) electrons. The van der Waals surface area contributed by atoms with Crippen LogP contribution in [0.2, 0.25) is 0 Å². The maximum atomic E-state index is 13.1. The summed E-state index contributed by atoms with van der Waals surface area (Å²) < 4.78 is 24.1. The lowest BCUT2D eigenvalue weighted by atomic mass is 9.88. The molecule has 5 atom stereocenters. The smallest absolute Gasteiger partial charge is 0.407 e. The Balaban J connectivity index is 1.90. The molecular weight excluding hydrogens is 375 g/mol. The van der Waals surface area contributed by atoms with Gasteiger partial charge in [-0.2, -0.15) is 0 Å². The lowest BCUT2D eigenvalue weighted by Gasteiger charge is -2.38. The van der Waals surface area contributed by atoms with Gasteiger partial charge in [0.25, 0.3) is 0 Å². The van der Waals surface area contributed by atoms with Crippen molar-refractivity contribution in [2.45, 2.75) is 77.3 Å². The number of ether oxygens (including phenoxy) is 2. The highest BCUT2D eigenvalue weighted by Crippen LogP contribution is 2.23. The zero-order chi connectivity index (χ0) is 21.6. The van der Waals surface area contributed by atoms with Crippen LogP contribution < -0.4 is 10.6 Å². The molecule has 1 fully saturated rings. The maximum Gasteiger partial charge on any atom is 0.407 e. The van der Waals surface area contributed by atoms with Crippen LogP contribution in [0.1, 0.15) is 59.1 Å². The first-order chi connectivity index (χ1) is 13.5. The van der Waals surface area contributed by atoms with Crippen molar-refractivity contribution in [3.05, 3.63) is 35.6 Å². The summed E-state index contributed by atoms with van der Waals surface area (Å²) >= 11 is 0. The zero-order valence-corrected chi connectivity index (χ0v) is 18.1. The fraction of sp³-hybridized carbons (Fsp3) is 0.682. The summed E-state index contributed by atoms with van der Waals surface area (Å²) in [6, 6.07) is 5.98. The van der Waals surface area contributed by atoms with Crippen molar-refractivity contribution in [3.63, 3.8) is 0 Å². The van der Waals surface area contributed by atoms with E-state index in [2.05, 4.69) is 10.6 Å². The van der Waals surface area contributed by atoms with Gasteiger partial charge in [0.1, 0.15) is 11.4 Å². The summed E-state index contributed by atoms with van der Waals surface area (Å²) in [6.45, 7) is 10.7. The number of alkyl carbamates (subject to hydrolysis) is 1. The molecule has 1 heterocycles. The van der Waals surface area contributed by atoms with E-state index in [1.807, 2.05) is 34.6 Å². The molecule has 1 aromatic carbocycles. The lowest BCUT2D eigenvalue weighted by Crippen LogP contribution is -2.54. The number of aliphatic hydroxyl groups is 1. The topological polar surface area (TPSA) is 79.8 Å². The third-order valence-corrected chi connectivity index (χ3v) is 5.12. The minimum Gasteiger partial charge on any atom is -0.444 e. The lowest BCUT2D eigenvalue weighted by molar-refractivity contribution is 0.00900. The van der Waals surface area contributed by atoms with Crippen LogP contribution in [-0.4, -0.2) is 48.1 Å². The van der Waals surface area contributed by atoms with Crippen LogP contribution in [0.3, 0.4) is 0 Å². The summed E-state index contributed by atoms with van der Waals surface area (Å²) in [7, 11) is 0. The van der Waals surface area contributed by atoms with Crippen molar-refractivity contribution >= 4 is 6.09 Å². The quantitative estimate of drug-likeness (QED) is 0.641. The molecule has 1 saturated heterocycles. The van der Waals surface area contributed by atoms with E-state index in [0.29, 0.717) is 25.2 Å². The molecule has 0 bridgehead atoms. The molecule has 0 aromatic heterocycles. The molecule has 29 heavy (non-hydrogen) atoms. The summed E-state index contributed by atoms with van der Waals surface area (Å²) in [5.74, 6) is -0.231. The SMILES string of the molecule is C[C@H](C[C@H](O)c1ccc(F)cc1)N[C@@H]1CCOC[C@H]1[C@@H](C)NC(=O)OC(C)(C)C. The Labute approximate surface area is 173 Å². The van der Waals surface area contributed by atoms with Gasteiger partial charge in [0.05, 0.1) is 12.7 Å². The normalized spacial score (nSPS) is 23.1. The maximum absolute atomic E-state index is 13.1. The number of hydrogen-bond acceptors (Lipinski definition) is 5. The summed E-state index contributed by atoms with van der Waals surface area (Å²) in [5, 5.41) is 16.9. The number of halogens is 1. The Kier molecular flexibility index (Phi) is 8.43. The molecule has 7 heteroatoms. The highest BCUT2D eigenvalue weighted by Gasteiger charge is 2.33. The second-order valence-electron chi connectivity index (χ2n) is 8.94. The van der Waals surface area contributed by atoms with Gasteiger partial charge in [-0.3, -0.25) is 0 Å². The van der Waals surface area contributed by atoms with E-state index in [9.17, 15) is 14.3 Å². The Morgan fingerprint density at radius 1 is 1.31 bits per heavy atom. The minimum absolute atomic E-state index is 0.0365. The molecule has 164 valence electrons. The van der Waals surface area contributed by atoms with E-state index in [1.165, 1.54) is 12.1 Å². The van der Waals surface area contributed by atoms with Gasteiger partial charge in [0, 0.05) is 30.7 Å². The highest BCUT2D eigenvalue weighted by molar-refractivity contribution is 5.68. The molecule has 6 nitrogen and oxygen atoms in total. The number of rotatable bonds is 7. The van der Waals surface area contributed by atoms with Crippen LogP contribution in [0, 0.1) is 11.7 Å². The van der Waals surface area contributed by atoms with Crippen LogP contribution in [0.4, 0.5) is 9.18 Å². The summed E-state index contributed by atoms with van der Waals surface area (Å²) in [4.78, 5) is 12.1. The molecular formula is C22H35FN2O4. The fourth-order valence-corrected chi connectivity index (χ4v) is 3.65. The first kappa shape index (κ1) is 23.6. The van der Waals surface area contributed by atoms with Gasteiger partial charge in [-0.15, -0.1) is 0 Å². The number of amides is 1. The van der Waals surface area contributed by atoms with Crippen LogP contribution in [0.25, 0.3) is 0 Å². The number of nitrogens with one attached hydrogen (secondary N) is 2. The van der Waals surface area contributed by atoms with E-state index >= 15 is 0 Å². The standard InChI is InChI=1S/C22H35FN2O4/c1-14(12-20(26)16-6-8-17(23)9-7-16)24-19-10-11-28-13-18(19)15(2)25-21(27)29-22(3,4)5/h6-9,14-15,18-20,24,26H,10-13H2,1-5H3,(H,25,27)/t14-,15-,18+,19-,20+/m1/s1. The molecule has 0 aliphatic carbocycles. The van der Waals surface area contributed by atoms with Crippen LogP contribution in [-0.2, 0) is 9.47 Å². The number of carbonyl (C=O) groups is 1. The first-order valence-electron chi connectivity index (χ1n) is 10.3. The Bertz CT molecular complexity index is 647. The number of benzene rings is 1. The molecule has 0 saturated carbocycles. The Morgan fingerprint density at radius 3 is 2.59 bits per heavy atom. The van der Waals surface area contributed by atoms with Gasteiger partial charge in [0.2, 0.25) is 0 Å². The van der Waals surface area contributed by atoms with E-state index in [4.69, 9.17) is 9.47 Å². The highest BCUT2D eigenvalue weighted by atomic mass is 19.1. The van der Waals surface area contributed by atoms with Gasteiger partial charge in [0.15, 0.2) is 0 Å². The van der Waals surface area contributed by atoms with Crippen LogP contribution in [0.15, 0.2) is 24.3 Å². The molecule has 1 aromatic rings. The Morgan fingerprint density at radius 2 is 1.97 bits per heavy atom. The third-order valence-electron chi connectivity index (χ3n) is 5.12. The van der Waals surface area contributed by atoms with Crippen molar-refractivity contribution in [2.24, 2.45) is 5.92 Å². The minimum atomic E-state index is -0.672. The first-order valence-corrected chi connectivity index (χ1v) is 10.3. The molecule has 0 unspecified atom stereocenters. The van der Waals surface area contributed by atoms with Crippen molar-refractivity contribution < 1.29 is 23.8 Å². The average Bonchev–Trinajstić information content (AvgIpc) is 2.60. The van der Waals surface area contributed by atoms with Crippen molar-refractivity contribution in [3.8, 4) is 0 Å². The van der Waals surface area contributed by atoms with Crippen LogP contribution >= 0.6 is 0 Å². The van der Waals surface area contributed by atoms with Gasteiger partial charge in [-0.1, -0.05) is 12.1 Å². The average molecular weight is 411 g/mol. The Hall–Kier alpha value is -1.70. The number of aliphatic hydroxyl groups excluding tert-OH is 1. The third kappa shape index (κ3) is 7.91. The van der Waals surface area contributed by atoms with E-state index < -0.39 is 17.8 Å². The molecule has 1 aliphatic rings. The van der Waals surface area contributed by atoms with Gasteiger partial charge >= 0.3 is 6.09 Å². The van der Waals surface area contributed by atoms with E-state index in [0.717, 1.165) is 6.42 Å². The summed E-state index contributed by atoms with van der Waals surface area (Å²) in [6.07, 6.45) is 0.216. The van der Waals surface area contributed by atoms with Crippen molar-refractivity contribution in [1.82, 2.24) is 10.6 Å². The van der Waals surface area contributed by atoms with Crippen molar-refractivity contribution in [1.29, 1.82) is 0 Å². The van der Waals surface area contributed by atoms with Gasteiger partial charge < -0.3 is 25.2 Å². The second-order valence-corrected chi connectivity index (χ2v) is 8.94. The summed E-state index contributed by atoms with van der Waals surface area (Å²) in [5.41, 5.74) is 0.152. The van der Waals surface area contributed by atoms with Gasteiger partial charge in [-0.25, -0.2) is 9.18 Å². The van der Waals surface area contributed by atoms with E-state index in [1.54, 1.807) is 12.1 Å². The molecule has 3 N–H and O–H groups in total. The predicted octanol–water partition coefficient (Wildman–Crippen LogP) is 3.55. The van der Waals surface area contributed by atoms with Crippen molar-refractivity contribution in [2.75, 3.05) is 13.2 Å². The fourth-order valence-electron chi connectivity index (χ4n) is 3.65. The molecule has 1 amide bonds. The monoisotopic (exact) mass is 410 g/mol. The second kappa shape index (κ2) is 10.4. The predicted molar refractivity (Wildman–Crippen MR) is 110 cm³/mol. The molecule has 1 aliphatic heterocycles. The van der Waals surface area contributed by atoms with Gasteiger partial charge in [-0.05, 0) is 65.2 Å². The largest absolute Gasteiger partial charge is 0.444 e. The molecule has 2 rings (SSSR count). The zero-order valence-electron chi connectivity index (χ0n) is 18.1. The van der Waals surface area contributed by atoms with Crippen LogP contribution in [0.5, 0.6) is 0 Å². The number of carbonyl (C=O) groups excluding carboxylic acids is 1.